The van der Waals surface area contributed by atoms with Gasteiger partial charge in [0.25, 0.3) is 5.91 Å². The molecule has 0 spiro atoms. The fourth-order valence-electron chi connectivity index (χ4n) is 4.10. The van der Waals surface area contributed by atoms with Gasteiger partial charge in [-0.15, -0.1) is 0 Å². The molecule has 0 bridgehead atoms. The Hall–Kier alpha value is -2.45. The number of benzene rings is 2. The number of para-hydroxylation sites is 1. The molecule has 2 heterocycles. The smallest absolute Gasteiger partial charge is 0.254 e. The third kappa shape index (κ3) is 3.58. The van der Waals surface area contributed by atoms with E-state index in [1.165, 1.54) is 16.4 Å². The summed E-state index contributed by atoms with van der Waals surface area (Å²) in [6, 6.07) is 11.5. The first kappa shape index (κ1) is 20.8. The van der Waals surface area contributed by atoms with Crippen molar-refractivity contribution < 1.29 is 17.6 Å². The van der Waals surface area contributed by atoms with E-state index in [4.69, 9.17) is 0 Å². The first-order chi connectivity index (χ1) is 14.3. The molecule has 1 fully saturated rings. The van der Waals surface area contributed by atoms with Crippen LogP contribution in [-0.4, -0.2) is 56.3 Å². The molecule has 1 atom stereocenters. The van der Waals surface area contributed by atoms with Crippen LogP contribution in [-0.2, 0) is 16.6 Å². The molecule has 0 aromatic heterocycles. The zero-order chi connectivity index (χ0) is 21.5. The Bertz CT molecular complexity index is 1070. The first-order valence-electron chi connectivity index (χ1n) is 10.2. The predicted molar refractivity (Wildman–Crippen MR) is 113 cm³/mol. The number of likely N-dealkylation sites (N-methyl/N-ethyl adjacent to an activating group) is 1. The van der Waals surface area contributed by atoms with Gasteiger partial charge in [0, 0.05) is 50.5 Å². The average molecular weight is 432 g/mol. The molecule has 0 radical (unpaired) electrons. The van der Waals surface area contributed by atoms with E-state index in [1.54, 1.807) is 4.90 Å². The predicted octanol–water partition coefficient (Wildman–Crippen LogP) is 3.09. The number of carbonyl (C=O) groups excluding carboxylic acids is 1. The highest BCUT2D eigenvalue weighted by Gasteiger charge is 2.34. The van der Waals surface area contributed by atoms with Crippen LogP contribution in [0, 0.1) is 5.82 Å². The van der Waals surface area contributed by atoms with E-state index in [9.17, 15) is 17.6 Å². The molecule has 8 heteroatoms. The molecular formula is C22H26FN3O3S. The fraction of sp³-hybridized carbons (Fsp3) is 0.409. The Balaban J connectivity index is 1.70. The summed E-state index contributed by atoms with van der Waals surface area (Å²) >= 11 is 0. The number of nitrogens with zero attached hydrogens (tertiary/aromatic N) is 3. The van der Waals surface area contributed by atoms with Crippen LogP contribution in [0.5, 0.6) is 0 Å². The van der Waals surface area contributed by atoms with Crippen molar-refractivity contribution in [1.29, 1.82) is 0 Å². The number of halogens is 1. The molecule has 2 aromatic rings. The van der Waals surface area contributed by atoms with Crippen LogP contribution in [0.15, 0.2) is 47.4 Å². The maximum atomic E-state index is 14.4. The highest BCUT2D eigenvalue weighted by Crippen LogP contribution is 2.29. The normalized spacial score (nSPS) is 19.8. The lowest BCUT2D eigenvalue weighted by Crippen LogP contribution is -2.44. The Kier molecular flexibility index (Phi) is 5.55. The Labute approximate surface area is 176 Å². The summed E-state index contributed by atoms with van der Waals surface area (Å²) in [7, 11) is -1.92. The summed E-state index contributed by atoms with van der Waals surface area (Å²) in [5.41, 5.74) is 2.29. The van der Waals surface area contributed by atoms with Crippen molar-refractivity contribution in [3.8, 4) is 0 Å². The second-order valence-corrected chi connectivity index (χ2v) is 9.81. The second kappa shape index (κ2) is 8.00. The van der Waals surface area contributed by atoms with Gasteiger partial charge >= 0.3 is 0 Å². The molecular weight excluding hydrogens is 405 g/mol. The number of rotatable bonds is 4. The molecule has 1 saturated heterocycles. The number of hydrogen-bond acceptors (Lipinski definition) is 4. The van der Waals surface area contributed by atoms with Gasteiger partial charge < -0.3 is 9.80 Å². The van der Waals surface area contributed by atoms with E-state index >= 15 is 0 Å². The second-order valence-electron chi connectivity index (χ2n) is 7.91. The molecule has 0 N–H and O–H groups in total. The minimum Gasteiger partial charge on any atom is -0.372 e. The molecule has 2 aromatic carbocycles. The molecule has 4 rings (SSSR count). The highest BCUT2D eigenvalue weighted by atomic mass is 32.2. The van der Waals surface area contributed by atoms with Crippen LogP contribution in [0.4, 0.5) is 10.1 Å². The van der Waals surface area contributed by atoms with E-state index in [1.807, 2.05) is 38.2 Å². The lowest BCUT2D eigenvalue weighted by molar-refractivity contribution is 0.0667. The summed E-state index contributed by atoms with van der Waals surface area (Å²) < 4.78 is 41.1. The summed E-state index contributed by atoms with van der Waals surface area (Å²) in [5, 5.41) is 0. The molecule has 2 aliphatic rings. The lowest BCUT2D eigenvalue weighted by Gasteiger charge is -2.31. The third-order valence-electron chi connectivity index (χ3n) is 6.01. The SMILES string of the molecule is CC[C@H]1CN(C)c2ccccc2CN1C(=O)c1ccc(F)c(S(=O)(=O)N2CCC2)c1. The van der Waals surface area contributed by atoms with E-state index in [2.05, 4.69) is 4.90 Å². The quantitative estimate of drug-likeness (QED) is 0.747. The maximum absolute atomic E-state index is 14.4. The number of carbonyl (C=O) groups is 1. The number of fused-ring (bicyclic) bond motifs is 1. The summed E-state index contributed by atoms with van der Waals surface area (Å²) in [6.07, 6.45) is 1.52. The van der Waals surface area contributed by atoms with Crippen molar-refractivity contribution >= 4 is 21.6 Å². The van der Waals surface area contributed by atoms with Crippen molar-refractivity contribution in [1.82, 2.24) is 9.21 Å². The number of sulfonamides is 1. The minimum absolute atomic E-state index is 0.0459. The van der Waals surface area contributed by atoms with Gasteiger partial charge in [-0.05, 0) is 42.7 Å². The van der Waals surface area contributed by atoms with Gasteiger partial charge in [0.1, 0.15) is 10.7 Å². The Morgan fingerprint density at radius 1 is 1.17 bits per heavy atom. The largest absolute Gasteiger partial charge is 0.372 e. The van der Waals surface area contributed by atoms with E-state index < -0.39 is 20.7 Å². The van der Waals surface area contributed by atoms with Crippen molar-refractivity contribution in [2.75, 3.05) is 31.6 Å². The third-order valence-corrected chi connectivity index (χ3v) is 7.93. The minimum atomic E-state index is -3.92. The van der Waals surface area contributed by atoms with E-state index in [0.717, 1.165) is 30.2 Å². The van der Waals surface area contributed by atoms with E-state index in [-0.39, 0.29) is 17.5 Å². The molecule has 0 unspecified atom stereocenters. The van der Waals surface area contributed by atoms with Crippen LogP contribution in [0.3, 0.4) is 0 Å². The lowest BCUT2D eigenvalue weighted by atomic mass is 10.1. The van der Waals surface area contributed by atoms with Crippen LogP contribution in [0.2, 0.25) is 0 Å². The van der Waals surface area contributed by atoms with E-state index in [0.29, 0.717) is 26.2 Å². The van der Waals surface area contributed by atoms with Gasteiger partial charge in [-0.2, -0.15) is 4.31 Å². The van der Waals surface area contributed by atoms with Crippen molar-refractivity contribution in [2.45, 2.75) is 37.2 Å². The van der Waals surface area contributed by atoms with Gasteiger partial charge in [0.05, 0.1) is 0 Å². The number of amides is 1. The number of anilines is 1. The van der Waals surface area contributed by atoms with Crippen LogP contribution in [0.25, 0.3) is 0 Å². The summed E-state index contributed by atoms with van der Waals surface area (Å²) in [6.45, 7) is 3.88. The van der Waals surface area contributed by atoms with Gasteiger partial charge in [-0.25, -0.2) is 12.8 Å². The molecule has 2 aliphatic heterocycles. The molecule has 160 valence electrons. The number of hydrogen-bond donors (Lipinski definition) is 0. The Morgan fingerprint density at radius 3 is 2.57 bits per heavy atom. The molecule has 0 aliphatic carbocycles. The standard InChI is InChI=1S/C22H26FN3O3S/c1-3-18-15-24(2)20-8-5-4-7-17(20)14-26(18)22(27)16-9-10-19(23)21(13-16)30(28,29)25-11-6-12-25/h4-5,7-10,13,18H,3,6,11-12,14-15H2,1-2H3/t18-/m0/s1. The van der Waals surface area contributed by atoms with Crippen LogP contribution >= 0.6 is 0 Å². The topological polar surface area (TPSA) is 60.9 Å². The zero-order valence-electron chi connectivity index (χ0n) is 17.2. The molecule has 1 amide bonds. The average Bonchev–Trinajstić information content (AvgIpc) is 2.82. The van der Waals surface area contributed by atoms with Crippen LogP contribution < -0.4 is 4.90 Å². The summed E-state index contributed by atoms with van der Waals surface area (Å²) in [4.78, 5) is 16.9. The fourth-order valence-corrected chi connectivity index (χ4v) is 5.70. The van der Waals surface area contributed by atoms with Crippen molar-refractivity contribution in [3.05, 3.63) is 59.4 Å². The first-order valence-corrected chi connectivity index (χ1v) is 11.7. The van der Waals surface area contributed by atoms with Crippen molar-refractivity contribution in [3.63, 3.8) is 0 Å². The molecule has 6 nitrogen and oxygen atoms in total. The van der Waals surface area contributed by atoms with Gasteiger partial charge in [-0.1, -0.05) is 25.1 Å². The maximum Gasteiger partial charge on any atom is 0.254 e. The molecule has 0 saturated carbocycles. The monoisotopic (exact) mass is 431 g/mol. The summed E-state index contributed by atoms with van der Waals surface area (Å²) in [5.74, 6) is -1.11. The van der Waals surface area contributed by atoms with Crippen molar-refractivity contribution in [2.24, 2.45) is 0 Å². The Morgan fingerprint density at radius 2 is 1.90 bits per heavy atom. The van der Waals surface area contributed by atoms with Gasteiger partial charge in [0.15, 0.2) is 0 Å². The highest BCUT2D eigenvalue weighted by molar-refractivity contribution is 7.89. The van der Waals surface area contributed by atoms with Gasteiger partial charge in [0.2, 0.25) is 10.0 Å². The van der Waals surface area contributed by atoms with Gasteiger partial charge in [-0.3, -0.25) is 4.79 Å². The van der Waals surface area contributed by atoms with Crippen LogP contribution in [0.1, 0.15) is 35.7 Å². The molecule has 30 heavy (non-hydrogen) atoms. The zero-order valence-corrected chi connectivity index (χ0v) is 18.0.